The standard InChI is InChI=1S/C18H26F2N2O3/c19-14-8-12(22-5-2-1-3-6-22)9-15(20)13(14)4-7-21-10-16(23)18(25)17(24)11-21/h8-9,16-18,23-25H,1-7,10-11H2/t16-,17+,18?. The van der Waals surface area contributed by atoms with Crippen LogP contribution < -0.4 is 4.90 Å². The van der Waals surface area contributed by atoms with Crippen LogP contribution in [0.4, 0.5) is 14.5 Å². The minimum absolute atomic E-state index is 0.0239. The van der Waals surface area contributed by atoms with Crippen LogP contribution >= 0.6 is 0 Å². The molecule has 3 atom stereocenters. The fourth-order valence-electron chi connectivity index (χ4n) is 3.69. The highest BCUT2D eigenvalue weighted by Gasteiger charge is 2.33. The van der Waals surface area contributed by atoms with Crippen molar-refractivity contribution in [2.45, 2.75) is 44.0 Å². The molecule has 0 amide bonds. The molecule has 2 fully saturated rings. The summed E-state index contributed by atoms with van der Waals surface area (Å²) in [6.07, 6.45) is 0.0933. The number of anilines is 1. The number of β-amino-alcohol motifs (C(OH)–C–C–N with tert-alkyl or cyclic N) is 2. The molecule has 0 spiro atoms. The number of hydrogen-bond acceptors (Lipinski definition) is 5. The Morgan fingerprint density at radius 2 is 1.48 bits per heavy atom. The molecule has 140 valence electrons. The SMILES string of the molecule is OC1[C@H](O)CN(CCc2c(F)cc(N3CCCCC3)cc2F)C[C@@H]1O. The van der Waals surface area contributed by atoms with Crippen LogP contribution in [0.25, 0.3) is 0 Å². The molecule has 3 rings (SSSR count). The topological polar surface area (TPSA) is 67.2 Å². The van der Waals surface area contributed by atoms with Gasteiger partial charge in [0, 0.05) is 44.0 Å². The van der Waals surface area contributed by atoms with Crippen LogP contribution in [-0.4, -0.2) is 71.3 Å². The predicted octanol–water partition coefficient (Wildman–Crippen LogP) is 0.896. The number of hydrogen-bond donors (Lipinski definition) is 3. The highest BCUT2D eigenvalue weighted by atomic mass is 19.1. The number of piperidine rings is 2. The Labute approximate surface area is 146 Å². The van der Waals surface area contributed by atoms with Gasteiger partial charge in [0.25, 0.3) is 0 Å². The normalized spacial score (nSPS) is 28.4. The monoisotopic (exact) mass is 356 g/mol. The van der Waals surface area contributed by atoms with E-state index < -0.39 is 29.9 Å². The van der Waals surface area contributed by atoms with Gasteiger partial charge < -0.3 is 20.2 Å². The van der Waals surface area contributed by atoms with Gasteiger partial charge in [-0.2, -0.15) is 0 Å². The second-order valence-electron chi connectivity index (χ2n) is 7.07. The molecule has 0 aliphatic carbocycles. The van der Waals surface area contributed by atoms with Gasteiger partial charge in [0.15, 0.2) is 0 Å². The first-order valence-electron chi connectivity index (χ1n) is 8.95. The van der Waals surface area contributed by atoms with Gasteiger partial charge in [-0.15, -0.1) is 0 Å². The predicted molar refractivity (Wildman–Crippen MR) is 90.6 cm³/mol. The van der Waals surface area contributed by atoms with Gasteiger partial charge in [-0.1, -0.05) is 0 Å². The van der Waals surface area contributed by atoms with Crippen molar-refractivity contribution in [2.75, 3.05) is 37.6 Å². The summed E-state index contributed by atoms with van der Waals surface area (Å²) in [5.41, 5.74) is 0.612. The van der Waals surface area contributed by atoms with Gasteiger partial charge in [-0.05, 0) is 37.8 Å². The Bertz CT molecular complexity index is 561. The zero-order valence-corrected chi connectivity index (χ0v) is 14.2. The number of benzene rings is 1. The molecule has 1 aromatic carbocycles. The number of aliphatic hydroxyl groups excluding tert-OH is 3. The van der Waals surface area contributed by atoms with Crippen molar-refractivity contribution in [1.29, 1.82) is 0 Å². The number of nitrogens with zero attached hydrogens (tertiary/aromatic N) is 2. The van der Waals surface area contributed by atoms with Crippen molar-refractivity contribution in [3.8, 4) is 0 Å². The molecule has 2 heterocycles. The lowest BCUT2D eigenvalue weighted by Crippen LogP contribution is -2.55. The smallest absolute Gasteiger partial charge is 0.131 e. The largest absolute Gasteiger partial charge is 0.389 e. The third-order valence-electron chi connectivity index (χ3n) is 5.20. The van der Waals surface area contributed by atoms with Gasteiger partial charge in [0.1, 0.15) is 17.7 Å². The van der Waals surface area contributed by atoms with Gasteiger partial charge in [0.05, 0.1) is 12.2 Å². The van der Waals surface area contributed by atoms with E-state index in [4.69, 9.17) is 0 Å². The molecule has 1 unspecified atom stereocenters. The maximum atomic E-state index is 14.4. The van der Waals surface area contributed by atoms with Gasteiger partial charge in [-0.25, -0.2) is 8.78 Å². The van der Waals surface area contributed by atoms with Crippen LogP contribution in [0, 0.1) is 11.6 Å². The van der Waals surface area contributed by atoms with Gasteiger partial charge in [-0.3, -0.25) is 4.90 Å². The molecule has 1 aromatic rings. The van der Waals surface area contributed by atoms with E-state index in [1.54, 1.807) is 4.90 Å². The van der Waals surface area contributed by atoms with Crippen molar-refractivity contribution in [3.05, 3.63) is 29.3 Å². The Hall–Kier alpha value is -1.28. The van der Waals surface area contributed by atoms with E-state index >= 15 is 0 Å². The van der Waals surface area contributed by atoms with Crippen LogP contribution in [0.15, 0.2) is 12.1 Å². The number of halogens is 2. The van der Waals surface area contributed by atoms with Crippen molar-refractivity contribution in [1.82, 2.24) is 4.90 Å². The molecule has 0 radical (unpaired) electrons. The van der Waals surface area contributed by atoms with Crippen molar-refractivity contribution < 1.29 is 24.1 Å². The second kappa shape index (κ2) is 7.95. The van der Waals surface area contributed by atoms with E-state index in [0.29, 0.717) is 12.2 Å². The average molecular weight is 356 g/mol. The Morgan fingerprint density at radius 3 is 2.04 bits per heavy atom. The highest BCUT2D eigenvalue weighted by molar-refractivity contribution is 5.49. The lowest BCUT2D eigenvalue weighted by Gasteiger charge is -2.36. The van der Waals surface area contributed by atoms with Crippen molar-refractivity contribution in [3.63, 3.8) is 0 Å². The molecule has 3 N–H and O–H groups in total. The average Bonchev–Trinajstić information content (AvgIpc) is 2.59. The summed E-state index contributed by atoms with van der Waals surface area (Å²) in [5, 5.41) is 28.9. The fourth-order valence-corrected chi connectivity index (χ4v) is 3.69. The molecule has 0 aromatic heterocycles. The van der Waals surface area contributed by atoms with E-state index in [-0.39, 0.29) is 25.1 Å². The summed E-state index contributed by atoms with van der Waals surface area (Å²) >= 11 is 0. The van der Waals surface area contributed by atoms with Crippen molar-refractivity contribution in [2.24, 2.45) is 0 Å². The summed E-state index contributed by atoms with van der Waals surface area (Å²) < 4.78 is 28.8. The number of aliphatic hydroxyl groups is 3. The summed E-state index contributed by atoms with van der Waals surface area (Å²) in [5.74, 6) is -1.11. The van der Waals surface area contributed by atoms with E-state index in [1.807, 2.05) is 4.90 Å². The summed E-state index contributed by atoms with van der Waals surface area (Å²) in [7, 11) is 0. The third-order valence-corrected chi connectivity index (χ3v) is 5.20. The van der Waals surface area contributed by atoms with Crippen LogP contribution in [0.2, 0.25) is 0 Å². The minimum atomic E-state index is -1.17. The lowest BCUT2D eigenvalue weighted by atomic mass is 10.0. The summed E-state index contributed by atoms with van der Waals surface area (Å²) in [4.78, 5) is 3.72. The quantitative estimate of drug-likeness (QED) is 0.748. The van der Waals surface area contributed by atoms with E-state index in [2.05, 4.69) is 0 Å². The first-order valence-corrected chi connectivity index (χ1v) is 8.95. The lowest BCUT2D eigenvalue weighted by molar-refractivity contribution is -0.109. The molecule has 0 bridgehead atoms. The van der Waals surface area contributed by atoms with Crippen LogP contribution in [0.5, 0.6) is 0 Å². The first kappa shape index (κ1) is 18.5. The molecule has 7 heteroatoms. The van der Waals surface area contributed by atoms with Crippen molar-refractivity contribution >= 4 is 5.69 Å². The Morgan fingerprint density at radius 1 is 0.920 bits per heavy atom. The summed E-state index contributed by atoms with van der Waals surface area (Å²) in [6, 6.07) is 2.79. The molecule has 2 aliphatic heterocycles. The molecule has 25 heavy (non-hydrogen) atoms. The van der Waals surface area contributed by atoms with Crippen LogP contribution in [-0.2, 0) is 6.42 Å². The van der Waals surface area contributed by atoms with Crippen LogP contribution in [0.1, 0.15) is 24.8 Å². The molecular weight excluding hydrogens is 330 g/mol. The molecule has 0 saturated carbocycles. The molecule has 5 nitrogen and oxygen atoms in total. The van der Waals surface area contributed by atoms with E-state index in [1.165, 1.54) is 12.1 Å². The first-order chi connectivity index (χ1) is 12.0. The Kier molecular flexibility index (Phi) is 5.89. The maximum absolute atomic E-state index is 14.4. The van der Waals surface area contributed by atoms with Gasteiger partial charge in [0.2, 0.25) is 0 Å². The summed E-state index contributed by atoms with van der Waals surface area (Å²) in [6.45, 7) is 2.30. The number of likely N-dealkylation sites (tertiary alicyclic amines) is 1. The third kappa shape index (κ3) is 4.28. The maximum Gasteiger partial charge on any atom is 0.131 e. The Balaban J connectivity index is 1.64. The minimum Gasteiger partial charge on any atom is -0.389 e. The van der Waals surface area contributed by atoms with Crippen LogP contribution in [0.3, 0.4) is 0 Å². The zero-order chi connectivity index (χ0) is 18.0. The molecule has 2 aliphatic rings. The molecule has 2 saturated heterocycles. The van der Waals surface area contributed by atoms with E-state index in [9.17, 15) is 24.1 Å². The second-order valence-corrected chi connectivity index (χ2v) is 7.07. The van der Waals surface area contributed by atoms with Gasteiger partial charge >= 0.3 is 0 Å². The molecular formula is C18H26F2N2O3. The van der Waals surface area contributed by atoms with E-state index in [0.717, 1.165) is 32.4 Å². The fraction of sp³-hybridized carbons (Fsp3) is 0.667. The highest BCUT2D eigenvalue weighted by Crippen LogP contribution is 2.25. The zero-order valence-electron chi connectivity index (χ0n) is 14.2. The number of rotatable bonds is 4.